The lowest BCUT2D eigenvalue weighted by Gasteiger charge is -2.57. The average molecular weight is 290 g/mol. The zero-order valence-electron chi connectivity index (χ0n) is 13.6. The number of aliphatic hydroxyl groups excluding tert-OH is 1. The molecule has 4 rings (SSSR count). The molecule has 0 aromatic carbocycles. The summed E-state index contributed by atoms with van der Waals surface area (Å²) in [5, 5.41) is 10.1. The molecule has 4 aliphatic rings. The van der Waals surface area contributed by atoms with Crippen LogP contribution in [0.4, 0.5) is 0 Å². The molecule has 0 aromatic rings. The van der Waals surface area contributed by atoms with E-state index < -0.39 is 0 Å². The Morgan fingerprint density at radius 1 is 1.10 bits per heavy atom. The molecule has 4 aliphatic carbocycles. The van der Waals surface area contributed by atoms with Gasteiger partial charge in [0.2, 0.25) is 0 Å². The number of hydrogen-bond acceptors (Lipinski definition) is 2. The van der Waals surface area contributed by atoms with E-state index >= 15 is 0 Å². The van der Waals surface area contributed by atoms with Crippen molar-refractivity contribution in [2.45, 2.75) is 77.7 Å². The van der Waals surface area contributed by atoms with Crippen LogP contribution in [0.15, 0.2) is 0 Å². The normalized spacial score (nSPS) is 56.5. The largest absolute Gasteiger partial charge is 0.393 e. The number of carbonyl (C=O) groups is 1. The van der Waals surface area contributed by atoms with Gasteiger partial charge in [-0.05, 0) is 80.5 Å². The fourth-order valence-electron chi connectivity index (χ4n) is 6.88. The van der Waals surface area contributed by atoms with Crippen LogP contribution in [0.2, 0.25) is 0 Å². The fraction of sp³-hybridized carbons (Fsp3) is 0.947. The van der Waals surface area contributed by atoms with Gasteiger partial charge in [-0.25, -0.2) is 0 Å². The Hall–Kier alpha value is -0.370. The van der Waals surface area contributed by atoms with Crippen molar-refractivity contribution in [1.29, 1.82) is 0 Å². The molecule has 0 spiro atoms. The number of carbonyl (C=O) groups excluding carboxylic acids is 1. The van der Waals surface area contributed by atoms with E-state index in [0.29, 0.717) is 17.1 Å². The minimum atomic E-state index is -0.0651. The van der Waals surface area contributed by atoms with Crippen molar-refractivity contribution >= 4 is 5.78 Å². The van der Waals surface area contributed by atoms with Crippen LogP contribution in [0.5, 0.6) is 0 Å². The number of ketones is 1. The summed E-state index contributed by atoms with van der Waals surface area (Å²) in [6.07, 6.45) is 10.2. The minimum absolute atomic E-state index is 0.0170. The first-order valence-corrected chi connectivity index (χ1v) is 9.14. The highest BCUT2D eigenvalue weighted by atomic mass is 16.3. The smallest absolute Gasteiger partial charge is 0.139 e. The molecular weight excluding hydrogens is 260 g/mol. The monoisotopic (exact) mass is 290 g/mol. The Balaban J connectivity index is 1.60. The van der Waals surface area contributed by atoms with E-state index in [1.54, 1.807) is 0 Å². The van der Waals surface area contributed by atoms with Crippen LogP contribution in [0.1, 0.15) is 71.6 Å². The molecule has 0 aliphatic heterocycles. The highest BCUT2D eigenvalue weighted by Gasteiger charge is 2.58. The first kappa shape index (κ1) is 14.2. The van der Waals surface area contributed by atoms with E-state index in [1.165, 1.54) is 25.7 Å². The van der Waals surface area contributed by atoms with Crippen molar-refractivity contribution in [3.05, 3.63) is 0 Å². The molecule has 0 bridgehead atoms. The number of rotatable bonds is 0. The Morgan fingerprint density at radius 2 is 1.90 bits per heavy atom. The van der Waals surface area contributed by atoms with E-state index in [0.717, 1.165) is 49.9 Å². The maximum Gasteiger partial charge on any atom is 0.139 e. The third-order valence-corrected chi connectivity index (χ3v) is 8.12. The maximum atomic E-state index is 12.4. The summed E-state index contributed by atoms with van der Waals surface area (Å²) >= 11 is 0. The van der Waals surface area contributed by atoms with Crippen LogP contribution in [-0.4, -0.2) is 17.0 Å². The lowest BCUT2D eigenvalue weighted by Crippen LogP contribution is -2.50. The molecule has 0 aromatic heterocycles. The predicted octanol–water partition coefficient (Wildman–Crippen LogP) is 3.96. The number of Topliss-reactive ketones (excluding diaryl/α,β-unsaturated/α-hetero) is 1. The SMILES string of the molecule is C[C@]12C[C@H](O)CC[C@@H]1C[C@H]1[C@@H](CC[C@@]3(C)C(=O)CC[C@H]13)C2. The molecule has 21 heavy (non-hydrogen) atoms. The van der Waals surface area contributed by atoms with Gasteiger partial charge in [0.1, 0.15) is 5.78 Å². The highest BCUT2D eigenvalue weighted by molar-refractivity contribution is 5.87. The van der Waals surface area contributed by atoms with Gasteiger partial charge < -0.3 is 5.11 Å². The standard InChI is InChI=1S/C19H30O2/c1-18-10-12-7-8-19(2)16(5-6-17(19)21)15(12)9-13(18)3-4-14(20)11-18/h12-16,20H,3-11H2,1-2H3/t12-,13+,14+,15-,16+,18-,19+/m0/s1. The third-order valence-electron chi connectivity index (χ3n) is 8.12. The Morgan fingerprint density at radius 3 is 2.71 bits per heavy atom. The second kappa shape index (κ2) is 4.57. The van der Waals surface area contributed by atoms with Crippen LogP contribution in [-0.2, 0) is 4.79 Å². The van der Waals surface area contributed by atoms with E-state index in [1.807, 2.05) is 0 Å². The summed E-state index contributed by atoms with van der Waals surface area (Å²) in [5.41, 5.74) is 0.387. The zero-order chi connectivity index (χ0) is 14.8. The molecule has 0 unspecified atom stereocenters. The Kier molecular flexibility index (Phi) is 3.10. The van der Waals surface area contributed by atoms with Crippen molar-refractivity contribution in [3.8, 4) is 0 Å². The molecule has 7 atom stereocenters. The average Bonchev–Trinajstić information content (AvgIpc) is 2.72. The third kappa shape index (κ3) is 1.97. The lowest BCUT2D eigenvalue weighted by molar-refractivity contribution is -0.135. The van der Waals surface area contributed by atoms with Gasteiger partial charge in [-0.15, -0.1) is 0 Å². The Bertz CT molecular complexity index is 458. The first-order valence-electron chi connectivity index (χ1n) is 9.14. The molecule has 0 radical (unpaired) electrons. The first-order chi connectivity index (χ1) is 9.92. The van der Waals surface area contributed by atoms with Crippen LogP contribution in [0.3, 0.4) is 0 Å². The van der Waals surface area contributed by atoms with Gasteiger partial charge in [-0.2, -0.15) is 0 Å². The quantitative estimate of drug-likeness (QED) is 0.733. The van der Waals surface area contributed by atoms with Gasteiger partial charge in [0, 0.05) is 11.8 Å². The van der Waals surface area contributed by atoms with E-state index in [9.17, 15) is 9.90 Å². The minimum Gasteiger partial charge on any atom is -0.393 e. The molecule has 0 saturated heterocycles. The summed E-state index contributed by atoms with van der Waals surface area (Å²) in [6, 6.07) is 0. The lowest BCUT2D eigenvalue weighted by atomic mass is 9.48. The van der Waals surface area contributed by atoms with Crippen molar-refractivity contribution in [3.63, 3.8) is 0 Å². The summed E-state index contributed by atoms with van der Waals surface area (Å²) in [6.45, 7) is 4.70. The van der Waals surface area contributed by atoms with E-state index in [4.69, 9.17) is 0 Å². The maximum absolute atomic E-state index is 12.4. The summed E-state index contributed by atoms with van der Waals surface area (Å²) in [7, 11) is 0. The van der Waals surface area contributed by atoms with E-state index in [2.05, 4.69) is 13.8 Å². The number of aliphatic hydroxyl groups is 1. The van der Waals surface area contributed by atoms with Gasteiger partial charge in [-0.3, -0.25) is 4.79 Å². The molecule has 1 N–H and O–H groups in total. The van der Waals surface area contributed by atoms with Crippen LogP contribution in [0.25, 0.3) is 0 Å². The second-order valence-electron chi connectivity index (χ2n) is 9.17. The van der Waals surface area contributed by atoms with Crippen LogP contribution >= 0.6 is 0 Å². The fourth-order valence-corrected chi connectivity index (χ4v) is 6.88. The van der Waals surface area contributed by atoms with Crippen molar-refractivity contribution < 1.29 is 9.90 Å². The van der Waals surface area contributed by atoms with Crippen molar-refractivity contribution in [2.75, 3.05) is 0 Å². The van der Waals surface area contributed by atoms with Gasteiger partial charge in [0.25, 0.3) is 0 Å². The van der Waals surface area contributed by atoms with Crippen molar-refractivity contribution in [2.24, 2.45) is 34.5 Å². The summed E-state index contributed by atoms with van der Waals surface area (Å²) in [4.78, 5) is 12.4. The molecule has 2 nitrogen and oxygen atoms in total. The molecule has 118 valence electrons. The van der Waals surface area contributed by atoms with Gasteiger partial charge in [0.15, 0.2) is 0 Å². The molecule has 4 saturated carbocycles. The van der Waals surface area contributed by atoms with Crippen LogP contribution in [0, 0.1) is 34.5 Å². The molecule has 4 fully saturated rings. The second-order valence-corrected chi connectivity index (χ2v) is 9.17. The summed E-state index contributed by atoms with van der Waals surface area (Å²) in [5.74, 6) is 3.63. The van der Waals surface area contributed by atoms with Gasteiger partial charge in [-0.1, -0.05) is 13.8 Å². The summed E-state index contributed by atoms with van der Waals surface area (Å²) < 4.78 is 0. The Labute approximate surface area is 128 Å². The number of hydrogen-bond donors (Lipinski definition) is 1. The van der Waals surface area contributed by atoms with Gasteiger partial charge in [0.05, 0.1) is 6.10 Å². The van der Waals surface area contributed by atoms with Gasteiger partial charge >= 0.3 is 0 Å². The highest BCUT2D eigenvalue weighted by Crippen LogP contribution is 2.63. The molecular formula is C19H30O2. The zero-order valence-corrected chi connectivity index (χ0v) is 13.6. The molecule has 2 heteroatoms. The molecule has 0 heterocycles. The topological polar surface area (TPSA) is 37.3 Å². The predicted molar refractivity (Wildman–Crippen MR) is 82.7 cm³/mol. The van der Waals surface area contributed by atoms with E-state index in [-0.39, 0.29) is 11.5 Å². The number of fused-ring (bicyclic) bond motifs is 4. The van der Waals surface area contributed by atoms with Crippen molar-refractivity contribution in [1.82, 2.24) is 0 Å². The molecule has 0 amide bonds. The van der Waals surface area contributed by atoms with Crippen LogP contribution < -0.4 is 0 Å².